The molecule has 0 spiro atoms. The minimum Gasteiger partial charge on any atom is -0.366 e. The molecule has 2 N–H and O–H groups in total. The van der Waals surface area contributed by atoms with E-state index in [9.17, 15) is 9.59 Å². The molecule has 1 amide bonds. The molecule has 0 saturated heterocycles. The average molecular weight is 429 g/mol. The van der Waals surface area contributed by atoms with Gasteiger partial charge in [0.2, 0.25) is 0 Å². The summed E-state index contributed by atoms with van der Waals surface area (Å²) < 4.78 is 5.56. The van der Waals surface area contributed by atoms with E-state index in [0.29, 0.717) is 23.2 Å². The van der Waals surface area contributed by atoms with Gasteiger partial charge in [0.25, 0.3) is 11.5 Å². The van der Waals surface area contributed by atoms with Crippen LogP contribution in [0, 0.1) is 20.8 Å². The SMILES string of the molecule is Cc1c(C(N)=O)c(-c2c(C)n(C)n(-c3ccccc3)c2=O)c(C)n1CCc1ccccc1. The van der Waals surface area contributed by atoms with E-state index in [1.165, 1.54) is 5.56 Å². The fourth-order valence-corrected chi connectivity index (χ4v) is 4.57. The van der Waals surface area contributed by atoms with Crippen LogP contribution in [0.15, 0.2) is 65.5 Å². The molecule has 6 heteroatoms. The summed E-state index contributed by atoms with van der Waals surface area (Å²) in [6.45, 7) is 6.45. The van der Waals surface area contributed by atoms with Crippen molar-refractivity contribution in [3.05, 3.63) is 99.2 Å². The summed E-state index contributed by atoms with van der Waals surface area (Å²) in [7, 11) is 1.85. The number of benzene rings is 2. The summed E-state index contributed by atoms with van der Waals surface area (Å²) in [5.74, 6) is -0.520. The summed E-state index contributed by atoms with van der Waals surface area (Å²) in [4.78, 5) is 26.2. The van der Waals surface area contributed by atoms with E-state index >= 15 is 0 Å². The van der Waals surface area contributed by atoms with Gasteiger partial charge in [0.05, 0.1) is 16.8 Å². The van der Waals surface area contributed by atoms with Gasteiger partial charge in [0, 0.05) is 36.2 Å². The Kier molecular flexibility index (Phi) is 5.61. The van der Waals surface area contributed by atoms with Crippen LogP contribution >= 0.6 is 0 Å². The van der Waals surface area contributed by atoms with E-state index in [4.69, 9.17) is 5.73 Å². The van der Waals surface area contributed by atoms with Gasteiger partial charge in [-0.05, 0) is 44.9 Å². The number of nitrogens with zero attached hydrogens (tertiary/aromatic N) is 3. The smallest absolute Gasteiger partial charge is 0.279 e. The number of hydrogen-bond acceptors (Lipinski definition) is 2. The minimum absolute atomic E-state index is 0.165. The van der Waals surface area contributed by atoms with Crippen molar-refractivity contribution < 1.29 is 4.79 Å². The first-order valence-corrected chi connectivity index (χ1v) is 10.7. The van der Waals surface area contributed by atoms with Crippen LogP contribution < -0.4 is 11.3 Å². The maximum absolute atomic E-state index is 13.6. The zero-order chi connectivity index (χ0) is 23.0. The predicted octanol–water partition coefficient (Wildman–Crippen LogP) is 3.91. The lowest BCUT2D eigenvalue weighted by Crippen LogP contribution is -2.20. The lowest BCUT2D eigenvalue weighted by Gasteiger charge is -2.10. The lowest BCUT2D eigenvalue weighted by atomic mass is 10.0. The first-order chi connectivity index (χ1) is 15.3. The molecule has 2 heterocycles. The van der Waals surface area contributed by atoms with E-state index in [0.717, 1.165) is 29.2 Å². The van der Waals surface area contributed by atoms with Crippen molar-refractivity contribution in [1.29, 1.82) is 0 Å². The number of primary amides is 1. The van der Waals surface area contributed by atoms with Gasteiger partial charge in [0.15, 0.2) is 0 Å². The molecule has 0 aliphatic rings. The van der Waals surface area contributed by atoms with Crippen LogP contribution in [-0.4, -0.2) is 19.8 Å². The number of rotatable bonds is 6. The van der Waals surface area contributed by atoms with Gasteiger partial charge in [-0.15, -0.1) is 0 Å². The second kappa shape index (κ2) is 8.38. The summed E-state index contributed by atoms with van der Waals surface area (Å²) in [6.07, 6.45) is 0.816. The van der Waals surface area contributed by atoms with Gasteiger partial charge in [-0.2, -0.15) is 0 Å². The van der Waals surface area contributed by atoms with Crippen LogP contribution in [0.1, 0.15) is 33.0 Å². The molecule has 6 nitrogen and oxygen atoms in total. The Hall–Kier alpha value is -3.80. The molecule has 4 rings (SSSR count). The van der Waals surface area contributed by atoms with Crippen molar-refractivity contribution in [3.63, 3.8) is 0 Å². The molecular weight excluding hydrogens is 400 g/mol. The Morgan fingerprint density at radius 1 is 0.844 bits per heavy atom. The van der Waals surface area contributed by atoms with Gasteiger partial charge in [-0.1, -0.05) is 48.5 Å². The van der Waals surface area contributed by atoms with Gasteiger partial charge >= 0.3 is 0 Å². The maximum Gasteiger partial charge on any atom is 0.279 e. The molecule has 0 fully saturated rings. The Bertz CT molecular complexity index is 1340. The minimum atomic E-state index is -0.520. The zero-order valence-corrected chi connectivity index (χ0v) is 18.9. The highest BCUT2D eigenvalue weighted by molar-refractivity contribution is 6.02. The quantitative estimate of drug-likeness (QED) is 0.506. The molecule has 4 aromatic rings. The topological polar surface area (TPSA) is 75.0 Å². The second-order valence-electron chi connectivity index (χ2n) is 8.11. The number of aryl methyl sites for hydroxylation is 1. The number of hydrogen-bond donors (Lipinski definition) is 1. The largest absolute Gasteiger partial charge is 0.366 e. The third kappa shape index (κ3) is 3.47. The van der Waals surface area contributed by atoms with Crippen LogP contribution in [0.25, 0.3) is 16.8 Å². The number of para-hydroxylation sites is 1. The van der Waals surface area contributed by atoms with E-state index in [-0.39, 0.29) is 5.56 Å². The summed E-state index contributed by atoms with van der Waals surface area (Å²) in [6, 6.07) is 19.7. The molecule has 0 aliphatic heterocycles. The van der Waals surface area contributed by atoms with Gasteiger partial charge in [-0.25, -0.2) is 4.68 Å². The highest BCUT2D eigenvalue weighted by atomic mass is 16.1. The monoisotopic (exact) mass is 428 g/mol. The normalized spacial score (nSPS) is 11.1. The van der Waals surface area contributed by atoms with Crippen molar-refractivity contribution >= 4 is 5.91 Å². The zero-order valence-electron chi connectivity index (χ0n) is 18.9. The first-order valence-electron chi connectivity index (χ1n) is 10.7. The number of aromatic nitrogens is 3. The first kappa shape index (κ1) is 21.4. The van der Waals surface area contributed by atoms with Crippen molar-refractivity contribution in [2.75, 3.05) is 0 Å². The molecular formula is C26H28N4O2. The molecule has 2 aromatic carbocycles. The van der Waals surface area contributed by atoms with Crippen molar-refractivity contribution in [3.8, 4) is 16.8 Å². The fraction of sp³-hybridized carbons (Fsp3) is 0.231. The number of carbonyl (C=O) groups is 1. The number of nitrogens with two attached hydrogens (primary N) is 1. The molecule has 32 heavy (non-hydrogen) atoms. The fourth-order valence-electron chi connectivity index (χ4n) is 4.57. The Morgan fingerprint density at radius 3 is 2.03 bits per heavy atom. The van der Waals surface area contributed by atoms with Crippen molar-refractivity contribution in [2.24, 2.45) is 12.8 Å². The molecule has 0 atom stereocenters. The van der Waals surface area contributed by atoms with E-state index in [1.54, 1.807) is 4.68 Å². The summed E-state index contributed by atoms with van der Waals surface area (Å²) in [5, 5.41) is 0. The maximum atomic E-state index is 13.6. The number of carbonyl (C=O) groups excluding carboxylic acids is 1. The third-order valence-electron chi connectivity index (χ3n) is 6.30. The van der Waals surface area contributed by atoms with Crippen LogP contribution in [0.3, 0.4) is 0 Å². The van der Waals surface area contributed by atoms with Crippen LogP contribution in [0.5, 0.6) is 0 Å². The molecule has 2 aromatic heterocycles. The van der Waals surface area contributed by atoms with E-state index in [1.807, 2.05) is 81.0 Å². The molecule has 0 aliphatic carbocycles. The molecule has 0 radical (unpaired) electrons. The van der Waals surface area contributed by atoms with Crippen molar-refractivity contribution in [1.82, 2.24) is 13.9 Å². The molecule has 0 saturated carbocycles. The van der Waals surface area contributed by atoms with Crippen LogP contribution in [0.2, 0.25) is 0 Å². The van der Waals surface area contributed by atoms with E-state index < -0.39 is 5.91 Å². The average Bonchev–Trinajstić information content (AvgIpc) is 3.16. The van der Waals surface area contributed by atoms with Gasteiger partial charge < -0.3 is 10.3 Å². The highest BCUT2D eigenvalue weighted by Gasteiger charge is 2.28. The summed E-state index contributed by atoms with van der Waals surface area (Å²) >= 11 is 0. The van der Waals surface area contributed by atoms with Crippen LogP contribution in [-0.2, 0) is 20.0 Å². The Balaban J connectivity index is 1.89. The Morgan fingerprint density at radius 2 is 1.44 bits per heavy atom. The standard InChI is InChI=1S/C26H28N4O2/c1-17-24(26(32)30(28(17)4)21-13-9-6-10-14-21)22-18(2)29(19(3)23(22)25(27)31)16-15-20-11-7-5-8-12-20/h5-14H,15-16H2,1-4H3,(H2,27,31). The second-order valence-corrected chi connectivity index (χ2v) is 8.11. The summed E-state index contributed by atoms with van der Waals surface area (Å²) in [5.41, 5.74) is 11.7. The lowest BCUT2D eigenvalue weighted by molar-refractivity contribution is 0.1000. The van der Waals surface area contributed by atoms with Gasteiger partial charge in [0.1, 0.15) is 0 Å². The van der Waals surface area contributed by atoms with Gasteiger partial charge in [-0.3, -0.25) is 14.3 Å². The Labute approximate surface area is 187 Å². The third-order valence-corrected chi connectivity index (χ3v) is 6.30. The van der Waals surface area contributed by atoms with Crippen molar-refractivity contribution in [2.45, 2.75) is 33.7 Å². The molecule has 164 valence electrons. The highest BCUT2D eigenvalue weighted by Crippen LogP contribution is 2.33. The molecule has 0 bridgehead atoms. The molecule has 0 unspecified atom stereocenters. The van der Waals surface area contributed by atoms with E-state index in [2.05, 4.69) is 16.7 Å². The van der Waals surface area contributed by atoms with Crippen LogP contribution in [0.4, 0.5) is 0 Å². The predicted molar refractivity (Wildman–Crippen MR) is 127 cm³/mol. The number of amides is 1.